The van der Waals surface area contributed by atoms with E-state index < -0.39 is 11.1 Å². The topological polar surface area (TPSA) is 62.4 Å². The molecule has 1 aromatic rings. The Balaban J connectivity index is 2.66. The highest BCUT2D eigenvalue weighted by molar-refractivity contribution is 6.69. The molecule has 0 bridgehead atoms. The molecule has 1 rings (SSSR count). The van der Waals surface area contributed by atoms with Crippen molar-refractivity contribution in [2.45, 2.75) is 0 Å². The van der Waals surface area contributed by atoms with Crippen LogP contribution in [0.1, 0.15) is 10.4 Å². The van der Waals surface area contributed by atoms with E-state index in [-0.39, 0.29) is 0 Å². The van der Waals surface area contributed by atoms with Gasteiger partial charge in [-0.3, -0.25) is 0 Å². The Morgan fingerprint density at radius 1 is 1.43 bits per heavy atom. The third kappa shape index (κ3) is 2.88. The highest BCUT2D eigenvalue weighted by Crippen LogP contribution is 2.01. The predicted molar refractivity (Wildman–Crippen MR) is 50.8 cm³/mol. The molecule has 0 N–H and O–H groups in total. The largest absolute Gasteiger partial charge is 0.365 e. The summed E-state index contributed by atoms with van der Waals surface area (Å²) in [5, 5.41) is 10.9. The number of carbonyl (C=O) groups excluding carboxylic acids is 1. The molecule has 14 heavy (non-hydrogen) atoms. The number of rotatable bonds is 2. The van der Waals surface area contributed by atoms with Gasteiger partial charge < -0.3 is 4.84 Å². The van der Waals surface area contributed by atoms with Crippen LogP contribution >= 0.6 is 11.6 Å². The number of carbonyl (C=O) groups is 1. The lowest BCUT2D eigenvalue weighted by atomic mass is 10.2. The van der Waals surface area contributed by atoms with E-state index >= 15 is 0 Å². The van der Waals surface area contributed by atoms with Crippen LogP contribution in [0.15, 0.2) is 35.5 Å². The minimum atomic E-state index is -0.654. The lowest BCUT2D eigenvalue weighted by Gasteiger charge is -1.95. The Bertz CT molecular complexity index is 395. The molecular weight excluding hydrogens is 204 g/mol. The smallest absolute Gasteiger partial charge is 0.311 e. The van der Waals surface area contributed by atoms with Crippen LogP contribution < -0.4 is 0 Å². The molecule has 0 saturated heterocycles. The summed E-state index contributed by atoms with van der Waals surface area (Å²) < 4.78 is 0. The number of nitriles is 1. The second-order valence-electron chi connectivity index (χ2n) is 2.24. The number of hydrogen-bond acceptors (Lipinski definition) is 4. The van der Waals surface area contributed by atoms with Gasteiger partial charge in [-0.25, -0.2) is 4.79 Å². The first-order valence-electron chi connectivity index (χ1n) is 3.64. The first-order valence-corrected chi connectivity index (χ1v) is 4.02. The monoisotopic (exact) mass is 208 g/mol. The molecule has 0 heterocycles. The molecule has 0 aliphatic heterocycles. The molecule has 1 aromatic carbocycles. The van der Waals surface area contributed by atoms with Gasteiger partial charge in [0.15, 0.2) is 0 Å². The van der Waals surface area contributed by atoms with Crippen LogP contribution in [-0.2, 0) is 4.84 Å². The summed E-state index contributed by atoms with van der Waals surface area (Å²) in [4.78, 5) is 15.5. The highest BCUT2D eigenvalue weighted by atomic mass is 35.5. The highest BCUT2D eigenvalue weighted by Gasteiger charge is 2.05. The lowest BCUT2D eigenvalue weighted by Crippen LogP contribution is -2.01. The third-order valence-electron chi connectivity index (χ3n) is 1.31. The summed E-state index contributed by atoms with van der Waals surface area (Å²) in [6.45, 7) is 0. The maximum absolute atomic E-state index is 11.2. The molecule has 0 aliphatic carbocycles. The second-order valence-corrected chi connectivity index (χ2v) is 2.60. The van der Waals surface area contributed by atoms with Gasteiger partial charge in [-0.1, -0.05) is 23.4 Å². The molecule has 0 aromatic heterocycles. The van der Waals surface area contributed by atoms with Crippen molar-refractivity contribution in [2.75, 3.05) is 0 Å². The Hall–Kier alpha value is -1.86. The fourth-order valence-electron chi connectivity index (χ4n) is 0.729. The van der Waals surface area contributed by atoms with Crippen molar-refractivity contribution < 1.29 is 9.63 Å². The van der Waals surface area contributed by atoms with Crippen molar-refractivity contribution in [3.63, 3.8) is 0 Å². The molecule has 0 atom stereocenters. The van der Waals surface area contributed by atoms with E-state index in [2.05, 4.69) is 9.99 Å². The molecule has 0 unspecified atom stereocenters. The van der Waals surface area contributed by atoms with Crippen LogP contribution in [0, 0.1) is 11.3 Å². The second kappa shape index (κ2) is 5.00. The van der Waals surface area contributed by atoms with E-state index in [0.29, 0.717) is 5.56 Å². The van der Waals surface area contributed by atoms with Gasteiger partial charge in [-0.2, -0.15) is 5.26 Å². The molecular formula is C9H5ClN2O2. The van der Waals surface area contributed by atoms with Crippen molar-refractivity contribution in [2.24, 2.45) is 5.16 Å². The van der Waals surface area contributed by atoms with Crippen LogP contribution in [0.5, 0.6) is 0 Å². The number of hydrogen-bond donors (Lipinski definition) is 0. The number of oxime groups is 1. The number of benzene rings is 1. The Kier molecular flexibility index (Phi) is 3.65. The summed E-state index contributed by atoms with van der Waals surface area (Å²) in [6, 6.07) is 9.78. The summed E-state index contributed by atoms with van der Waals surface area (Å²) in [7, 11) is 0. The van der Waals surface area contributed by atoms with Crippen molar-refractivity contribution >= 4 is 22.7 Å². The van der Waals surface area contributed by atoms with Crippen molar-refractivity contribution in [3.05, 3.63) is 35.9 Å². The molecule has 0 fully saturated rings. The normalized spacial score (nSPS) is 10.4. The summed E-state index contributed by atoms with van der Waals surface area (Å²) in [5.41, 5.74) is 0.346. The summed E-state index contributed by atoms with van der Waals surface area (Å²) in [6.07, 6.45) is 0. The van der Waals surface area contributed by atoms with Crippen molar-refractivity contribution in [1.29, 1.82) is 5.26 Å². The lowest BCUT2D eigenvalue weighted by molar-refractivity contribution is 0.0518. The van der Waals surface area contributed by atoms with E-state index in [1.807, 2.05) is 0 Å². The van der Waals surface area contributed by atoms with Crippen molar-refractivity contribution in [1.82, 2.24) is 0 Å². The van der Waals surface area contributed by atoms with Crippen LogP contribution in [0.4, 0.5) is 0 Å². The van der Waals surface area contributed by atoms with E-state index in [1.54, 1.807) is 30.3 Å². The van der Waals surface area contributed by atoms with Crippen LogP contribution in [0.25, 0.3) is 0 Å². The average molecular weight is 209 g/mol. The first-order chi connectivity index (χ1) is 6.74. The number of nitrogens with zero attached hydrogens (tertiary/aromatic N) is 2. The van der Waals surface area contributed by atoms with E-state index in [0.717, 1.165) is 0 Å². The molecule has 5 heteroatoms. The fraction of sp³-hybridized carbons (Fsp3) is 0. The SMILES string of the molecule is N#C/C(Cl)=N/OC(=O)c1ccccc1. The van der Waals surface area contributed by atoms with Gasteiger partial charge in [-0.15, -0.1) is 0 Å². The van der Waals surface area contributed by atoms with E-state index in [4.69, 9.17) is 16.9 Å². The third-order valence-corrected chi connectivity index (χ3v) is 1.46. The zero-order valence-corrected chi connectivity index (χ0v) is 7.73. The predicted octanol–water partition coefficient (Wildman–Crippen LogP) is 1.92. The molecule has 0 amide bonds. The Morgan fingerprint density at radius 3 is 2.64 bits per heavy atom. The quantitative estimate of drug-likeness (QED) is 0.424. The van der Waals surface area contributed by atoms with E-state index in [1.165, 1.54) is 6.07 Å². The first kappa shape index (κ1) is 10.2. The standard InChI is InChI=1S/C9H5ClN2O2/c10-8(6-11)12-14-9(13)7-4-2-1-3-5-7/h1-5H/b12-8-. The Morgan fingerprint density at radius 2 is 2.07 bits per heavy atom. The van der Waals surface area contributed by atoms with Gasteiger partial charge >= 0.3 is 5.97 Å². The fourth-order valence-corrected chi connectivity index (χ4v) is 0.763. The van der Waals surface area contributed by atoms with Gasteiger partial charge in [0.2, 0.25) is 5.17 Å². The minimum Gasteiger partial charge on any atom is -0.311 e. The molecule has 70 valence electrons. The van der Waals surface area contributed by atoms with Gasteiger partial charge in [-0.05, 0) is 23.7 Å². The summed E-state index contributed by atoms with van der Waals surface area (Å²) >= 11 is 5.21. The van der Waals surface area contributed by atoms with Crippen molar-refractivity contribution in [3.8, 4) is 6.07 Å². The Labute approximate surface area is 85.3 Å². The maximum Gasteiger partial charge on any atom is 0.365 e. The molecule has 0 spiro atoms. The van der Waals surface area contributed by atoms with Crippen LogP contribution in [0.3, 0.4) is 0 Å². The molecule has 0 saturated carbocycles. The van der Waals surface area contributed by atoms with Gasteiger partial charge in [0, 0.05) is 0 Å². The average Bonchev–Trinajstić information content (AvgIpc) is 2.26. The zero-order valence-electron chi connectivity index (χ0n) is 6.98. The summed E-state index contributed by atoms with van der Waals surface area (Å²) in [5.74, 6) is -0.654. The van der Waals surface area contributed by atoms with Crippen LogP contribution in [0.2, 0.25) is 0 Å². The molecule has 4 nitrogen and oxygen atoms in total. The van der Waals surface area contributed by atoms with Gasteiger partial charge in [0.05, 0.1) is 5.56 Å². The zero-order chi connectivity index (χ0) is 10.4. The van der Waals surface area contributed by atoms with E-state index in [9.17, 15) is 4.79 Å². The molecule has 0 aliphatic rings. The van der Waals surface area contributed by atoms with Gasteiger partial charge in [0.25, 0.3) is 0 Å². The minimum absolute atomic E-state index is 0.346. The molecule has 0 radical (unpaired) electrons. The maximum atomic E-state index is 11.2. The van der Waals surface area contributed by atoms with Gasteiger partial charge in [0.1, 0.15) is 6.07 Å². The number of halogens is 1. The van der Waals surface area contributed by atoms with Crippen LogP contribution in [-0.4, -0.2) is 11.1 Å².